The molecule has 1 amide bonds. The molecule has 1 saturated heterocycles. The van der Waals surface area contributed by atoms with Crippen molar-refractivity contribution in [3.63, 3.8) is 0 Å². The number of amides is 1. The molecule has 2 aromatic rings. The predicted octanol–water partition coefficient (Wildman–Crippen LogP) is 2.58. The zero-order valence-corrected chi connectivity index (χ0v) is 13.5. The fourth-order valence-corrected chi connectivity index (χ4v) is 2.80. The van der Waals surface area contributed by atoms with Crippen molar-refractivity contribution in [3.8, 4) is 11.4 Å². The van der Waals surface area contributed by atoms with Crippen LogP contribution in [0.3, 0.4) is 0 Å². The van der Waals surface area contributed by atoms with Crippen molar-refractivity contribution < 1.29 is 22.5 Å². The van der Waals surface area contributed by atoms with Gasteiger partial charge in [0.1, 0.15) is 0 Å². The summed E-state index contributed by atoms with van der Waals surface area (Å²) in [4.78, 5) is 17.6. The summed E-state index contributed by atoms with van der Waals surface area (Å²) in [6.07, 6.45) is -2.73. The number of benzene rings is 1. The molecular weight excluding hydrogens is 337 g/mol. The third kappa shape index (κ3) is 3.81. The molecule has 0 bridgehead atoms. The van der Waals surface area contributed by atoms with Crippen LogP contribution in [0.25, 0.3) is 11.4 Å². The normalized spacial score (nSPS) is 18.4. The number of alkyl halides is 3. The van der Waals surface area contributed by atoms with Crippen molar-refractivity contribution in [1.82, 2.24) is 20.4 Å². The lowest BCUT2D eigenvalue weighted by Crippen LogP contribution is -2.46. The van der Waals surface area contributed by atoms with E-state index in [-0.39, 0.29) is 17.8 Å². The molecule has 0 spiro atoms. The molecule has 1 aliphatic rings. The summed E-state index contributed by atoms with van der Waals surface area (Å²) in [5, 5.41) is 6.50. The molecule has 1 N–H and O–H groups in total. The van der Waals surface area contributed by atoms with Gasteiger partial charge in [-0.1, -0.05) is 17.3 Å². The van der Waals surface area contributed by atoms with Crippen LogP contribution >= 0.6 is 0 Å². The van der Waals surface area contributed by atoms with Crippen LogP contribution in [0.2, 0.25) is 0 Å². The monoisotopic (exact) mass is 354 g/mol. The van der Waals surface area contributed by atoms with Crippen molar-refractivity contribution in [2.24, 2.45) is 0 Å². The lowest BCUT2D eigenvalue weighted by molar-refractivity contribution is -0.159. The third-order valence-electron chi connectivity index (χ3n) is 4.18. The molecule has 1 fully saturated rings. The smallest absolute Gasteiger partial charge is 0.337 e. The summed E-state index contributed by atoms with van der Waals surface area (Å²) in [6, 6.07) is 6.42. The van der Waals surface area contributed by atoms with Crippen LogP contribution in [0.4, 0.5) is 13.2 Å². The fraction of sp³-hybridized carbons (Fsp3) is 0.438. The number of aromatic nitrogens is 2. The van der Waals surface area contributed by atoms with E-state index >= 15 is 0 Å². The SMILES string of the molecule is CNC1CCCN(C(=O)c2ccc(-c3noc(C(F)(F)F)n3)cc2)C1. The first-order valence-electron chi connectivity index (χ1n) is 7.86. The molecule has 134 valence electrons. The lowest BCUT2D eigenvalue weighted by atomic mass is 10.0. The molecule has 1 unspecified atom stereocenters. The minimum absolute atomic E-state index is 0.101. The molecule has 25 heavy (non-hydrogen) atoms. The maximum absolute atomic E-state index is 12.5. The quantitative estimate of drug-likeness (QED) is 0.917. The molecule has 2 heterocycles. The number of nitrogens with one attached hydrogen (secondary N) is 1. The minimum atomic E-state index is -4.68. The Morgan fingerprint density at radius 2 is 2.04 bits per heavy atom. The van der Waals surface area contributed by atoms with Gasteiger partial charge in [0.2, 0.25) is 5.82 Å². The third-order valence-corrected chi connectivity index (χ3v) is 4.18. The van der Waals surface area contributed by atoms with Gasteiger partial charge in [-0.2, -0.15) is 18.2 Å². The maximum Gasteiger partial charge on any atom is 0.471 e. The Bertz CT molecular complexity index is 743. The standard InChI is InChI=1S/C16H17F3N4O2/c1-20-12-3-2-8-23(9-12)14(24)11-6-4-10(5-7-11)13-21-15(25-22-13)16(17,18)19/h4-7,12,20H,2-3,8-9H2,1H3. The van der Waals surface area contributed by atoms with Crippen LogP contribution in [0.1, 0.15) is 29.1 Å². The van der Waals surface area contributed by atoms with Crippen LogP contribution in [-0.4, -0.2) is 47.1 Å². The number of nitrogens with zero attached hydrogens (tertiary/aromatic N) is 3. The van der Waals surface area contributed by atoms with E-state index < -0.39 is 12.1 Å². The second kappa shape index (κ2) is 6.83. The van der Waals surface area contributed by atoms with Crippen LogP contribution in [0.15, 0.2) is 28.8 Å². The average molecular weight is 354 g/mol. The first kappa shape index (κ1) is 17.4. The van der Waals surface area contributed by atoms with Crippen molar-refractivity contribution in [3.05, 3.63) is 35.7 Å². The Balaban J connectivity index is 1.73. The van der Waals surface area contributed by atoms with Gasteiger partial charge >= 0.3 is 12.1 Å². The first-order valence-corrected chi connectivity index (χ1v) is 7.86. The summed E-state index contributed by atoms with van der Waals surface area (Å²) in [5.41, 5.74) is 0.822. The lowest BCUT2D eigenvalue weighted by Gasteiger charge is -2.32. The number of halogens is 3. The highest BCUT2D eigenvalue weighted by atomic mass is 19.4. The Morgan fingerprint density at radius 3 is 2.64 bits per heavy atom. The van der Waals surface area contributed by atoms with Crippen molar-refractivity contribution in [2.45, 2.75) is 25.1 Å². The molecule has 0 aliphatic carbocycles. The zero-order chi connectivity index (χ0) is 18.0. The van der Waals surface area contributed by atoms with Crippen molar-refractivity contribution in [2.75, 3.05) is 20.1 Å². The molecule has 3 rings (SSSR count). The van der Waals surface area contributed by atoms with E-state index in [0.717, 1.165) is 12.8 Å². The van der Waals surface area contributed by atoms with Crippen molar-refractivity contribution >= 4 is 5.91 Å². The molecule has 9 heteroatoms. The first-order chi connectivity index (χ1) is 11.9. The second-order valence-electron chi connectivity index (χ2n) is 5.88. The summed E-state index contributed by atoms with van der Waals surface area (Å²) < 4.78 is 41.7. The number of hydrogen-bond donors (Lipinski definition) is 1. The van der Waals surface area contributed by atoms with E-state index in [1.165, 1.54) is 12.1 Å². The highest BCUT2D eigenvalue weighted by Crippen LogP contribution is 2.29. The Morgan fingerprint density at radius 1 is 1.32 bits per heavy atom. The number of likely N-dealkylation sites (N-methyl/N-ethyl adjacent to an activating group) is 1. The highest BCUT2D eigenvalue weighted by molar-refractivity contribution is 5.94. The van der Waals surface area contributed by atoms with Crippen molar-refractivity contribution in [1.29, 1.82) is 0 Å². The zero-order valence-electron chi connectivity index (χ0n) is 13.5. The van der Waals surface area contributed by atoms with Gasteiger partial charge in [-0.05, 0) is 32.0 Å². The van der Waals surface area contributed by atoms with Crippen LogP contribution in [0, 0.1) is 0 Å². The molecular formula is C16H17F3N4O2. The Hall–Kier alpha value is -2.42. The predicted molar refractivity (Wildman–Crippen MR) is 82.7 cm³/mol. The van der Waals surface area contributed by atoms with Gasteiger partial charge in [0, 0.05) is 30.3 Å². The summed E-state index contributed by atoms with van der Waals surface area (Å²) in [5.74, 6) is -1.66. The minimum Gasteiger partial charge on any atom is -0.337 e. The van der Waals surface area contributed by atoms with Crippen LogP contribution in [-0.2, 0) is 6.18 Å². The van der Waals surface area contributed by atoms with Crippen LogP contribution in [0.5, 0.6) is 0 Å². The number of piperidine rings is 1. The van der Waals surface area contributed by atoms with E-state index in [4.69, 9.17) is 0 Å². The molecule has 0 radical (unpaired) electrons. The van der Waals surface area contributed by atoms with E-state index in [2.05, 4.69) is 20.0 Å². The maximum atomic E-state index is 12.5. The summed E-state index contributed by atoms with van der Waals surface area (Å²) >= 11 is 0. The topological polar surface area (TPSA) is 71.3 Å². The highest BCUT2D eigenvalue weighted by Gasteiger charge is 2.38. The van der Waals surface area contributed by atoms with Gasteiger partial charge in [-0.3, -0.25) is 4.79 Å². The van der Waals surface area contributed by atoms with Gasteiger partial charge in [0.25, 0.3) is 5.91 Å². The van der Waals surface area contributed by atoms with Gasteiger partial charge < -0.3 is 14.7 Å². The van der Waals surface area contributed by atoms with E-state index in [1.807, 2.05) is 7.05 Å². The van der Waals surface area contributed by atoms with E-state index in [0.29, 0.717) is 24.2 Å². The number of hydrogen-bond acceptors (Lipinski definition) is 5. The Kier molecular flexibility index (Phi) is 4.76. The number of rotatable bonds is 3. The van der Waals surface area contributed by atoms with E-state index in [1.54, 1.807) is 17.0 Å². The average Bonchev–Trinajstić information content (AvgIpc) is 3.12. The number of carbonyl (C=O) groups is 1. The number of likely N-dealkylation sites (tertiary alicyclic amines) is 1. The number of carbonyl (C=O) groups excluding carboxylic acids is 1. The van der Waals surface area contributed by atoms with Gasteiger partial charge in [0.05, 0.1) is 0 Å². The Labute approximate surface area is 142 Å². The van der Waals surface area contributed by atoms with Gasteiger partial charge in [-0.15, -0.1) is 0 Å². The summed E-state index contributed by atoms with van der Waals surface area (Å²) in [7, 11) is 1.87. The van der Waals surface area contributed by atoms with Gasteiger partial charge in [-0.25, -0.2) is 0 Å². The molecule has 1 aromatic heterocycles. The molecule has 1 atom stereocenters. The molecule has 6 nitrogen and oxygen atoms in total. The van der Waals surface area contributed by atoms with E-state index in [9.17, 15) is 18.0 Å². The van der Waals surface area contributed by atoms with Crippen LogP contribution < -0.4 is 5.32 Å². The largest absolute Gasteiger partial charge is 0.471 e. The van der Waals surface area contributed by atoms with Gasteiger partial charge in [0.15, 0.2) is 0 Å². The molecule has 1 aliphatic heterocycles. The molecule has 1 aromatic carbocycles. The summed E-state index contributed by atoms with van der Waals surface area (Å²) in [6.45, 7) is 1.33. The molecule has 0 saturated carbocycles. The second-order valence-corrected chi connectivity index (χ2v) is 5.88. The fourth-order valence-electron chi connectivity index (χ4n) is 2.80.